The minimum absolute atomic E-state index is 0.0528. The number of benzene rings is 2. The fourth-order valence-corrected chi connectivity index (χ4v) is 2.71. The summed E-state index contributed by atoms with van der Waals surface area (Å²) < 4.78 is 0.863. The van der Waals surface area contributed by atoms with E-state index in [1.165, 1.54) is 5.56 Å². The predicted molar refractivity (Wildman–Crippen MR) is 87.7 cm³/mol. The lowest BCUT2D eigenvalue weighted by atomic mass is 9.86. The van der Waals surface area contributed by atoms with E-state index in [9.17, 15) is 4.79 Å². The second-order valence-electron chi connectivity index (χ2n) is 5.78. The van der Waals surface area contributed by atoms with Gasteiger partial charge in [0.05, 0.1) is 5.02 Å². The molecule has 2 aromatic rings. The molecule has 0 aliphatic carbocycles. The Balaban J connectivity index is 2.34. The number of carbonyl (C=O) groups is 1. The van der Waals surface area contributed by atoms with Gasteiger partial charge in [0, 0.05) is 15.6 Å². The van der Waals surface area contributed by atoms with Crippen LogP contribution in [-0.4, -0.2) is 5.78 Å². The van der Waals surface area contributed by atoms with Crippen LogP contribution in [0.4, 0.5) is 0 Å². The Bertz CT molecular complexity index is 639. The lowest BCUT2D eigenvalue weighted by Crippen LogP contribution is -2.11. The molecule has 0 atom stereocenters. The van der Waals surface area contributed by atoms with Crippen molar-refractivity contribution in [3.8, 4) is 0 Å². The first kappa shape index (κ1) is 15.3. The molecule has 0 saturated carbocycles. The van der Waals surface area contributed by atoms with Crippen molar-refractivity contribution in [3.63, 3.8) is 0 Å². The average molecular weight is 352 g/mol. The van der Waals surface area contributed by atoms with Crippen LogP contribution < -0.4 is 0 Å². The Hall–Kier alpha value is -1.12. The first-order chi connectivity index (χ1) is 9.29. The first-order valence-electron chi connectivity index (χ1n) is 6.39. The molecule has 0 fully saturated rings. The molecule has 0 spiro atoms. The monoisotopic (exact) mass is 350 g/mol. The lowest BCUT2D eigenvalue weighted by molar-refractivity contribution is 0.103. The summed E-state index contributed by atoms with van der Waals surface area (Å²) in [6, 6.07) is 13.0. The second-order valence-corrected chi connectivity index (χ2v) is 7.10. The van der Waals surface area contributed by atoms with E-state index in [1.54, 1.807) is 12.1 Å². The largest absolute Gasteiger partial charge is 0.289 e. The Morgan fingerprint density at radius 2 is 1.65 bits per heavy atom. The van der Waals surface area contributed by atoms with Crippen LogP contribution in [0.1, 0.15) is 42.3 Å². The number of carbonyl (C=O) groups excluding carboxylic acids is 1. The maximum absolute atomic E-state index is 12.4. The van der Waals surface area contributed by atoms with Crippen molar-refractivity contribution in [1.82, 2.24) is 0 Å². The van der Waals surface area contributed by atoms with E-state index in [0.29, 0.717) is 16.1 Å². The minimum atomic E-state index is -0.0528. The van der Waals surface area contributed by atoms with Crippen molar-refractivity contribution in [3.05, 3.63) is 68.7 Å². The molecule has 0 aliphatic heterocycles. The summed E-state index contributed by atoms with van der Waals surface area (Å²) in [5, 5.41) is 0.462. The second kappa shape index (κ2) is 5.71. The molecule has 0 heterocycles. The van der Waals surface area contributed by atoms with Crippen LogP contribution in [0.2, 0.25) is 5.02 Å². The van der Waals surface area contributed by atoms with Crippen LogP contribution in [0.15, 0.2) is 46.9 Å². The van der Waals surface area contributed by atoms with Crippen molar-refractivity contribution in [1.29, 1.82) is 0 Å². The Labute approximate surface area is 133 Å². The quantitative estimate of drug-likeness (QED) is 0.641. The highest BCUT2D eigenvalue weighted by Crippen LogP contribution is 2.26. The maximum atomic E-state index is 12.4. The number of hydrogen-bond donors (Lipinski definition) is 0. The fraction of sp³-hybridized carbons (Fsp3) is 0.235. The van der Waals surface area contributed by atoms with Crippen LogP contribution in [0, 0.1) is 0 Å². The highest BCUT2D eigenvalue weighted by molar-refractivity contribution is 9.10. The van der Waals surface area contributed by atoms with Crippen LogP contribution in [0.5, 0.6) is 0 Å². The van der Waals surface area contributed by atoms with E-state index in [-0.39, 0.29) is 11.2 Å². The van der Waals surface area contributed by atoms with Crippen molar-refractivity contribution in [2.75, 3.05) is 0 Å². The van der Waals surface area contributed by atoms with E-state index in [1.807, 2.05) is 30.3 Å². The lowest BCUT2D eigenvalue weighted by Gasteiger charge is -2.19. The van der Waals surface area contributed by atoms with E-state index in [2.05, 4.69) is 36.7 Å². The summed E-state index contributed by atoms with van der Waals surface area (Å²) in [7, 11) is 0. The molecular formula is C17H16BrClO. The van der Waals surface area contributed by atoms with Gasteiger partial charge >= 0.3 is 0 Å². The standard InChI is InChI=1S/C17H16BrClO/c1-17(2,3)12-6-4-11(5-7-12)16(20)14-9-8-13(18)10-15(14)19/h4-10H,1-3H3. The van der Waals surface area contributed by atoms with Gasteiger partial charge in [0.1, 0.15) is 0 Å². The van der Waals surface area contributed by atoms with Gasteiger partial charge in [-0.2, -0.15) is 0 Å². The molecule has 2 aromatic carbocycles. The molecule has 0 N–H and O–H groups in total. The van der Waals surface area contributed by atoms with Gasteiger partial charge in [0.15, 0.2) is 5.78 Å². The zero-order chi connectivity index (χ0) is 14.9. The summed E-state index contributed by atoms with van der Waals surface area (Å²) >= 11 is 9.46. The van der Waals surface area contributed by atoms with Crippen LogP contribution in [0.3, 0.4) is 0 Å². The third-order valence-corrected chi connectivity index (χ3v) is 3.99. The molecular weight excluding hydrogens is 336 g/mol. The molecule has 0 aliphatic rings. The Morgan fingerprint density at radius 1 is 1.05 bits per heavy atom. The summed E-state index contributed by atoms with van der Waals surface area (Å²) in [6.45, 7) is 6.44. The number of rotatable bonds is 2. The topological polar surface area (TPSA) is 17.1 Å². The van der Waals surface area contributed by atoms with Crippen molar-refractivity contribution in [2.45, 2.75) is 26.2 Å². The molecule has 0 aromatic heterocycles. The molecule has 0 bridgehead atoms. The Kier molecular flexibility index (Phi) is 4.36. The highest BCUT2D eigenvalue weighted by atomic mass is 79.9. The molecule has 0 unspecified atom stereocenters. The molecule has 0 amide bonds. The molecule has 2 rings (SSSR count). The number of ketones is 1. The summed E-state index contributed by atoms with van der Waals surface area (Å²) in [6.07, 6.45) is 0. The van der Waals surface area contributed by atoms with E-state index < -0.39 is 0 Å². The molecule has 3 heteroatoms. The summed E-state index contributed by atoms with van der Waals surface area (Å²) in [5.41, 5.74) is 2.47. The van der Waals surface area contributed by atoms with Gasteiger partial charge in [0.2, 0.25) is 0 Å². The molecule has 20 heavy (non-hydrogen) atoms. The third kappa shape index (κ3) is 3.31. The number of hydrogen-bond acceptors (Lipinski definition) is 1. The highest BCUT2D eigenvalue weighted by Gasteiger charge is 2.16. The normalized spacial score (nSPS) is 11.4. The molecule has 0 saturated heterocycles. The van der Waals surface area contributed by atoms with Gasteiger partial charge in [-0.25, -0.2) is 0 Å². The van der Waals surface area contributed by atoms with Crippen molar-refractivity contribution >= 4 is 33.3 Å². The van der Waals surface area contributed by atoms with Gasteiger partial charge in [-0.05, 0) is 29.2 Å². The predicted octanol–water partition coefficient (Wildman–Crippen LogP) is 5.63. The van der Waals surface area contributed by atoms with Crippen molar-refractivity contribution < 1.29 is 4.79 Å². The van der Waals surface area contributed by atoms with Crippen molar-refractivity contribution in [2.24, 2.45) is 0 Å². The SMILES string of the molecule is CC(C)(C)c1ccc(C(=O)c2ccc(Br)cc2Cl)cc1. The third-order valence-electron chi connectivity index (χ3n) is 3.19. The van der Waals surface area contributed by atoms with E-state index >= 15 is 0 Å². The smallest absolute Gasteiger partial charge is 0.194 e. The number of halogens is 2. The van der Waals surface area contributed by atoms with Crippen LogP contribution >= 0.6 is 27.5 Å². The summed E-state index contributed by atoms with van der Waals surface area (Å²) in [5.74, 6) is -0.0528. The van der Waals surface area contributed by atoms with Crippen LogP contribution in [0.25, 0.3) is 0 Å². The van der Waals surface area contributed by atoms with Gasteiger partial charge in [-0.3, -0.25) is 4.79 Å². The molecule has 1 nitrogen and oxygen atoms in total. The van der Waals surface area contributed by atoms with Gasteiger partial charge < -0.3 is 0 Å². The average Bonchev–Trinajstić information content (AvgIpc) is 2.37. The zero-order valence-electron chi connectivity index (χ0n) is 11.7. The van der Waals surface area contributed by atoms with Gasteiger partial charge in [-0.1, -0.05) is 72.6 Å². The zero-order valence-corrected chi connectivity index (χ0v) is 14.0. The van der Waals surface area contributed by atoms with Gasteiger partial charge in [0.25, 0.3) is 0 Å². The van der Waals surface area contributed by atoms with E-state index in [4.69, 9.17) is 11.6 Å². The minimum Gasteiger partial charge on any atom is -0.289 e. The Morgan fingerprint density at radius 3 is 2.15 bits per heavy atom. The maximum Gasteiger partial charge on any atom is 0.194 e. The van der Waals surface area contributed by atoms with Crippen LogP contribution in [-0.2, 0) is 5.41 Å². The molecule has 104 valence electrons. The molecule has 0 radical (unpaired) electrons. The first-order valence-corrected chi connectivity index (χ1v) is 7.56. The fourth-order valence-electron chi connectivity index (χ4n) is 1.95. The van der Waals surface area contributed by atoms with Gasteiger partial charge in [-0.15, -0.1) is 0 Å². The van der Waals surface area contributed by atoms with E-state index in [0.717, 1.165) is 4.47 Å². The summed E-state index contributed by atoms with van der Waals surface area (Å²) in [4.78, 5) is 12.4.